The Hall–Kier alpha value is -6.10. The Morgan fingerprint density at radius 3 is 1.27 bits per heavy atom. The molecule has 0 aliphatic rings. The molecular weight excluding hydrogens is 536 g/mol. The lowest BCUT2D eigenvalue weighted by molar-refractivity contribution is 1.16. The van der Waals surface area contributed by atoms with Gasteiger partial charge in [0.15, 0.2) is 0 Å². The van der Waals surface area contributed by atoms with Crippen molar-refractivity contribution in [2.45, 2.75) is 13.8 Å². The number of rotatable bonds is 3. The molecule has 4 heteroatoms. The van der Waals surface area contributed by atoms with E-state index in [-0.39, 0.29) is 0 Å². The van der Waals surface area contributed by atoms with E-state index in [0.717, 1.165) is 77.2 Å². The van der Waals surface area contributed by atoms with Crippen molar-refractivity contribution in [1.29, 1.82) is 10.5 Å². The van der Waals surface area contributed by atoms with E-state index in [9.17, 15) is 10.5 Å². The van der Waals surface area contributed by atoms with Crippen LogP contribution in [0.15, 0.2) is 121 Å². The van der Waals surface area contributed by atoms with E-state index in [1.807, 2.05) is 36.4 Å². The highest BCUT2D eigenvalue weighted by molar-refractivity contribution is 6.10. The van der Waals surface area contributed by atoms with E-state index in [2.05, 4.69) is 120 Å². The number of hydrogen-bond donors (Lipinski definition) is 0. The van der Waals surface area contributed by atoms with Gasteiger partial charge in [0.05, 0.1) is 44.6 Å². The molecule has 8 rings (SSSR count). The maximum absolute atomic E-state index is 10.2. The zero-order valence-corrected chi connectivity index (χ0v) is 24.3. The van der Waals surface area contributed by atoms with E-state index in [0.29, 0.717) is 11.1 Å². The average molecular weight is 563 g/mol. The Morgan fingerprint density at radius 1 is 0.432 bits per heavy atom. The molecule has 0 aliphatic carbocycles. The van der Waals surface area contributed by atoms with Crippen LogP contribution < -0.4 is 0 Å². The molecule has 0 fully saturated rings. The van der Waals surface area contributed by atoms with Gasteiger partial charge in [0, 0.05) is 21.5 Å². The van der Waals surface area contributed by atoms with Crippen LogP contribution in [-0.4, -0.2) is 9.13 Å². The number of nitrogens with zero attached hydrogens (tertiary/aromatic N) is 4. The monoisotopic (exact) mass is 562 g/mol. The second kappa shape index (κ2) is 9.73. The summed E-state index contributed by atoms with van der Waals surface area (Å²) in [7, 11) is 0. The number of nitriles is 2. The van der Waals surface area contributed by atoms with E-state index in [1.54, 1.807) is 0 Å². The Bertz CT molecular complexity index is 2370. The van der Waals surface area contributed by atoms with E-state index in [1.165, 1.54) is 0 Å². The number of aromatic nitrogens is 2. The summed E-state index contributed by atoms with van der Waals surface area (Å²) in [5.41, 5.74) is 11.4. The fourth-order valence-electron chi connectivity index (χ4n) is 6.66. The average Bonchev–Trinajstić information content (AvgIpc) is 3.55. The fraction of sp³-hybridized carbons (Fsp3) is 0.0500. The minimum absolute atomic E-state index is 0.602. The molecular formula is C40H26N4. The summed E-state index contributed by atoms with van der Waals surface area (Å²) in [6.45, 7) is 4.19. The Labute approximate surface area is 254 Å². The first-order valence-electron chi connectivity index (χ1n) is 14.6. The maximum atomic E-state index is 10.2. The first kappa shape index (κ1) is 25.6. The molecule has 2 heterocycles. The van der Waals surface area contributed by atoms with E-state index < -0.39 is 0 Å². The summed E-state index contributed by atoms with van der Waals surface area (Å²) in [6.07, 6.45) is 0. The molecule has 0 aliphatic heterocycles. The van der Waals surface area contributed by atoms with Gasteiger partial charge in [-0.3, -0.25) is 0 Å². The Kier molecular flexibility index (Phi) is 5.66. The van der Waals surface area contributed by atoms with Gasteiger partial charge in [-0.25, -0.2) is 0 Å². The molecule has 0 N–H and O–H groups in total. The summed E-state index contributed by atoms with van der Waals surface area (Å²) < 4.78 is 4.42. The van der Waals surface area contributed by atoms with Crippen LogP contribution in [0.1, 0.15) is 22.3 Å². The van der Waals surface area contributed by atoms with Crippen molar-refractivity contribution in [2.75, 3.05) is 0 Å². The van der Waals surface area contributed by atoms with Crippen LogP contribution in [0.4, 0.5) is 0 Å². The standard InChI is InChI=1S/C40H26N4/c1-25-11-17-33-31-7-3-5-9-35(31)43(39(33)19-25)37-21-27(13-15-29(37)23-41)28-14-16-30(24-42)38(22-28)44-36-10-6-4-8-32(36)34-18-12-26(2)20-40(34)44/h3-22H,1-2H3. The molecule has 0 amide bonds. The molecule has 6 aromatic carbocycles. The Balaban J connectivity index is 1.39. The molecule has 2 aromatic heterocycles. The smallest absolute Gasteiger partial charge is 0.101 e. The maximum Gasteiger partial charge on any atom is 0.101 e. The molecule has 206 valence electrons. The van der Waals surface area contributed by atoms with Gasteiger partial charge < -0.3 is 9.13 Å². The normalized spacial score (nSPS) is 11.4. The third-order valence-electron chi connectivity index (χ3n) is 8.71. The van der Waals surface area contributed by atoms with Gasteiger partial charge in [-0.15, -0.1) is 0 Å². The minimum atomic E-state index is 0.602. The number of benzene rings is 6. The molecule has 0 radical (unpaired) electrons. The summed E-state index contributed by atoms with van der Waals surface area (Å²) in [5, 5.41) is 25.1. The van der Waals surface area contributed by atoms with Gasteiger partial charge in [-0.1, -0.05) is 72.8 Å². The van der Waals surface area contributed by atoms with Gasteiger partial charge in [0.1, 0.15) is 12.1 Å². The molecule has 0 bridgehead atoms. The van der Waals surface area contributed by atoms with Crippen molar-refractivity contribution in [3.8, 4) is 34.6 Å². The van der Waals surface area contributed by atoms with Crippen molar-refractivity contribution < 1.29 is 0 Å². The summed E-state index contributed by atoms with van der Waals surface area (Å²) in [6, 6.07) is 46.6. The van der Waals surface area contributed by atoms with Crippen molar-refractivity contribution in [2.24, 2.45) is 0 Å². The largest absolute Gasteiger partial charge is 0.308 e. The topological polar surface area (TPSA) is 57.4 Å². The van der Waals surface area contributed by atoms with Gasteiger partial charge in [-0.2, -0.15) is 10.5 Å². The number of fused-ring (bicyclic) bond motifs is 6. The van der Waals surface area contributed by atoms with E-state index in [4.69, 9.17) is 0 Å². The van der Waals surface area contributed by atoms with E-state index >= 15 is 0 Å². The summed E-state index contributed by atoms with van der Waals surface area (Å²) >= 11 is 0. The fourth-order valence-corrected chi connectivity index (χ4v) is 6.66. The molecule has 4 nitrogen and oxygen atoms in total. The predicted octanol–water partition coefficient (Wildman–Crippen LogP) is 9.91. The third kappa shape index (κ3) is 3.76. The number of aryl methyl sites for hydroxylation is 2. The van der Waals surface area contributed by atoms with Crippen molar-refractivity contribution in [3.63, 3.8) is 0 Å². The van der Waals surface area contributed by atoms with Crippen molar-refractivity contribution in [3.05, 3.63) is 144 Å². The zero-order chi connectivity index (χ0) is 29.9. The van der Waals surface area contributed by atoms with Crippen LogP contribution in [-0.2, 0) is 0 Å². The molecule has 44 heavy (non-hydrogen) atoms. The lowest BCUT2D eigenvalue weighted by Gasteiger charge is -2.15. The summed E-state index contributed by atoms with van der Waals surface area (Å²) in [5.74, 6) is 0. The second-order valence-electron chi connectivity index (χ2n) is 11.4. The van der Waals surface area contributed by atoms with Crippen LogP contribution >= 0.6 is 0 Å². The molecule has 8 aromatic rings. The van der Waals surface area contributed by atoms with Gasteiger partial charge in [-0.05, 0) is 84.6 Å². The second-order valence-corrected chi connectivity index (χ2v) is 11.4. The van der Waals surface area contributed by atoms with Crippen molar-refractivity contribution >= 4 is 43.6 Å². The van der Waals surface area contributed by atoms with Crippen LogP contribution in [0.5, 0.6) is 0 Å². The molecule has 0 atom stereocenters. The lowest BCUT2D eigenvalue weighted by Crippen LogP contribution is -2.00. The first-order valence-corrected chi connectivity index (χ1v) is 14.6. The Morgan fingerprint density at radius 2 is 0.841 bits per heavy atom. The highest BCUT2D eigenvalue weighted by Crippen LogP contribution is 2.38. The lowest BCUT2D eigenvalue weighted by atomic mass is 9.99. The van der Waals surface area contributed by atoms with Gasteiger partial charge in [0.25, 0.3) is 0 Å². The predicted molar refractivity (Wildman–Crippen MR) is 179 cm³/mol. The highest BCUT2D eigenvalue weighted by Gasteiger charge is 2.18. The number of hydrogen-bond acceptors (Lipinski definition) is 2. The molecule has 0 spiro atoms. The molecule has 0 saturated heterocycles. The van der Waals surface area contributed by atoms with Crippen molar-refractivity contribution in [1.82, 2.24) is 9.13 Å². The quantitative estimate of drug-likeness (QED) is 0.215. The molecule has 0 unspecified atom stereocenters. The highest BCUT2D eigenvalue weighted by atomic mass is 15.0. The SMILES string of the molecule is Cc1ccc2c3ccccc3n(-c3cc(-c4ccc(C#N)c(-n5c6ccccc6c6ccc(C)cc65)c4)ccc3C#N)c2c1. The molecule has 0 saturated carbocycles. The van der Waals surface area contributed by atoms with Crippen LogP contribution in [0, 0.1) is 36.5 Å². The summed E-state index contributed by atoms with van der Waals surface area (Å²) in [4.78, 5) is 0. The zero-order valence-electron chi connectivity index (χ0n) is 24.3. The minimum Gasteiger partial charge on any atom is -0.308 e. The van der Waals surface area contributed by atoms with Gasteiger partial charge >= 0.3 is 0 Å². The van der Waals surface area contributed by atoms with Crippen LogP contribution in [0.2, 0.25) is 0 Å². The first-order chi connectivity index (χ1) is 21.6. The third-order valence-corrected chi connectivity index (χ3v) is 8.71. The van der Waals surface area contributed by atoms with Crippen LogP contribution in [0.3, 0.4) is 0 Å². The van der Waals surface area contributed by atoms with Gasteiger partial charge in [0.2, 0.25) is 0 Å². The van der Waals surface area contributed by atoms with Crippen LogP contribution in [0.25, 0.3) is 66.1 Å². The number of para-hydroxylation sites is 2.